The number of carbonyl (C=O) groups excluding carboxylic acids is 1. The first kappa shape index (κ1) is 13.4. The van der Waals surface area contributed by atoms with Crippen molar-refractivity contribution in [2.24, 2.45) is 0 Å². The molecule has 2 aromatic rings. The number of anilines is 1. The van der Waals surface area contributed by atoms with Crippen LogP contribution in [0.1, 0.15) is 22.3 Å². The molecular formula is C18H17NO2. The molecule has 0 saturated heterocycles. The third-order valence-electron chi connectivity index (χ3n) is 3.79. The van der Waals surface area contributed by atoms with Crippen LogP contribution in [0.15, 0.2) is 36.4 Å². The zero-order valence-corrected chi connectivity index (χ0v) is 12.4. The zero-order chi connectivity index (χ0) is 15.0. The summed E-state index contributed by atoms with van der Waals surface area (Å²) in [5.41, 5.74) is 5.71. The highest BCUT2D eigenvalue weighted by Gasteiger charge is 2.23. The van der Waals surface area contributed by atoms with Crippen LogP contribution in [-0.4, -0.2) is 13.0 Å². The van der Waals surface area contributed by atoms with Gasteiger partial charge in [0.15, 0.2) is 0 Å². The molecule has 0 spiro atoms. The van der Waals surface area contributed by atoms with Crippen LogP contribution in [0.4, 0.5) is 5.69 Å². The van der Waals surface area contributed by atoms with Gasteiger partial charge >= 0.3 is 0 Å². The second-order valence-corrected chi connectivity index (χ2v) is 5.24. The maximum absolute atomic E-state index is 12.2. The molecule has 1 aliphatic heterocycles. The Labute approximate surface area is 124 Å². The Kier molecular flexibility index (Phi) is 3.26. The number of benzene rings is 2. The lowest BCUT2D eigenvalue weighted by Crippen LogP contribution is -2.03. The number of rotatable bonds is 2. The summed E-state index contributed by atoms with van der Waals surface area (Å²) in [7, 11) is 1.67. The van der Waals surface area contributed by atoms with Gasteiger partial charge in [-0.2, -0.15) is 0 Å². The van der Waals surface area contributed by atoms with Gasteiger partial charge in [-0.15, -0.1) is 0 Å². The third-order valence-corrected chi connectivity index (χ3v) is 3.79. The minimum atomic E-state index is -0.0518. The lowest BCUT2D eigenvalue weighted by molar-refractivity contribution is -0.110. The van der Waals surface area contributed by atoms with Crippen molar-refractivity contribution in [1.82, 2.24) is 0 Å². The Morgan fingerprint density at radius 1 is 1.10 bits per heavy atom. The maximum atomic E-state index is 12.2. The first-order valence-corrected chi connectivity index (χ1v) is 6.88. The summed E-state index contributed by atoms with van der Waals surface area (Å²) >= 11 is 0. The third kappa shape index (κ3) is 2.31. The Bertz CT molecular complexity index is 760. The molecule has 0 bridgehead atoms. The molecule has 3 heteroatoms. The van der Waals surface area contributed by atoms with E-state index in [1.807, 2.05) is 50.3 Å². The Morgan fingerprint density at radius 2 is 1.86 bits per heavy atom. The van der Waals surface area contributed by atoms with E-state index in [9.17, 15) is 4.79 Å². The average Bonchev–Trinajstić information content (AvgIpc) is 2.78. The highest BCUT2D eigenvalue weighted by Crippen LogP contribution is 2.34. The van der Waals surface area contributed by atoms with Crippen molar-refractivity contribution in [2.45, 2.75) is 13.8 Å². The van der Waals surface area contributed by atoms with E-state index >= 15 is 0 Å². The van der Waals surface area contributed by atoms with E-state index in [0.717, 1.165) is 33.7 Å². The van der Waals surface area contributed by atoms with Crippen LogP contribution in [-0.2, 0) is 4.79 Å². The number of para-hydroxylation sites is 1. The van der Waals surface area contributed by atoms with E-state index in [-0.39, 0.29) is 5.91 Å². The molecule has 106 valence electrons. The van der Waals surface area contributed by atoms with Crippen molar-refractivity contribution in [2.75, 3.05) is 12.4 Å². The van der Waals surface area contributed by atoms with Gasteiger partial charge in [0.25, 0.3) is 5.91 Å². The molecule has 0 saturated carbocycles. The lowest BCUT2D eigenvalue weighted by Gasteiger charge is -2.09. The molecular weight excluding hydrogens is 262 g/mol. The minimum absolute atomic E-state index is 0.0518. The van der Waals surface area contributed by atoms with Gasteiger partial charge < -0.3 is 10.1 Å². The molecule has 3 nitrogen and oxygen atoms in total. The van der Waals surface area contributed by atoms with Crippen LogP contribution >= 0.6 is 0 Å². The highest BCUT2D eigenvalue weighted by atomic mass is 16.5. The number of hydrogen-bond acceptors (Lipinski definition) is 2. The second-order valence-electron chi connectivity index (χ2n) is 5.24. The maximum Gasteiger partial charge on any atom is 0.256 e. The van der Waals surface area contributed by atoms with Crippen molar-refractivity contribution in [3.63, 3.8) is 0 Å². The quantitative estimate of drug-likeness (QED) is 0.849. The van der Waals surface area contributed by atoms with Crippen LogP contribution in [0.3, 0.4) is 0 Å². The van der Waals surface area contributed by atoms with Crippen LogP contribution in [0.25, 0.3) is 11.6 Å². The fourth-order valence-corrected chi connectivity index (χ4v) is 2.63. The largest absolute Gasteiger partial charge is 0.496 e. The molecule has 21 heavy (non-hydrogen) atoms. The molecule has 1 aliphatic rings. The summed E-state index contributed by atoms with van der Waals surface area (Å²) in [5.74, 6) is 0.815. The predicted molar refractivity (Wildman–Crippen MR) is 85.4 cm³/mol. The van der Waals surface area contributed by atoms with E-state index in [1.54, 1.807) is 7.11 Å². The summed E-state index contributed by atoms with van der Waals surface area (Å²) in [6, 6.07) is 11.8. The van der Waals surface area contributed by atoms with Crippen molar-refractivity contribution in [3.05, 3.63) is 58.7 Å². The van der Waals surface area contributed by atoms with Crippen LogP contribution in [0.2, 0.25) is 0 Å². The van der Waals surface area contributed by atoms with Crippen molar-refractivity contribution < 1.29 is 9.53 Å². The normalized spacial score (nSPS) is 15.0. The molecule has 1 N–H and O–H groups in total. The Balaban J connectivity index is 2.11. The van der Waals surface area contributed by atoms with Gasteiger partial charge in [-0.25, -0.2) is 0 Å². The van der Waals surface area contributed by atoms with E-state index in [0.29, 0.717) is 5.57 Å². The van der Waals surface area contributed by atoms with Crippen molar-refractivity contribution >= 4 is 23.2 Å². The van der Waals surface area contributed by atoms with E-state index in [2.05, 4.69) is 11.4 Å². The van der Waals surface area contributed by atoms with Crippen LogP contribution in [0, 0.1) is 13.8 Å². The molecule has 0 unspecified atom stereocenters. The number of nitrogens with one attached hydrogen (secondary N) is 1. The van der Waals surface area contributed by atoms with Gasteiger partial charge in [-0.1, -0.05) is 18.2 Å². The number of amides is 1. The molecule has 0 atom stereocenters. The highest BCUT2D eigenvalue weighted by molar-refractivity contribution is 6.34. The SMILES string of the molecule is COc1cc(C)c(/C=C2/C(=O)Nc3ccccc32)cc1C. The van der Waals surface area contributed by atoms with Gasteiger partial charge in [-0.05, 0) is 54.8 Å². The molecule has 2 aromatic carbocycles. The van der Waals surface area contributed by atoms with Crippen LogP contribution in [0.5, 0.6) is 5.75 Å². The minimum Gasteiger partial charge on any atom is -0.496 e. The monoisotopic (exact) mass is 279 g/mol. The number of aryl methyl sites for hydroxylation is 2. The number of hydrogen-bond donors (Lipinski definition) is 1. The van der Waals surface area contributed by atoms with E-state index < -0.39 is 0 Å². The van der Waals surface area contributed by atoms with Gasteiger partial charge in [0, 0.05) is 16.8 Å². The zero-order valence-electron chi connectivity index (χ0n) is 12.4. The molecule has 1 heterocycles. The number of fused-ring (bicyclic) bond motifs is 1. The Hall–Kier alpha value is -2.55. The van der Waals surface area contributed by atoms with Crippen molar-refractivity contribution in [1.29, 1.82) is 0 Å². The molecule has 0 radical (unpaired) electrons. The van der Waals surface area contributed by atoms with Gasteiger partial charge in [0.2, 0.25) is 0 Å². The second kappa shape index (κ2) is 5.09. The van der Waals surface area contributed by atoms with Gasteiger partial charge in [0.05, 0.1) is 7.11 Å². The van der Waals surface area contributed by atoms with E-state index in [4.69, 9.17) is 4.74 Å². The number of carbonyl (C=O) groups is 1. The van der Waals surface area contributed by atoms with Gasteiger partial charge in [0.1, 0.15) is 5.75 Å². The molecule has 3 rings (SSSR count). The molecule has 0 aliphatic carbocycles. The lowest BCUT2D eigenvalue weighted by atomic mass is 9.99. The topological polar surface area (TPSA) is 38.3 Å². The smallest absolute Gasteiger partial charge is 0.256 e. The first-order chi connectivity index (χ1) is 10.1. The molecule has 0 aromatic heterocycles. The predicted octanol–water partition coefficient (Wildman–Crippen LogP) is 3.80. The van der Waals surface area contributed by atoms with Gasteiger partial charge in [-0.3, -0.25) is 4.79 Å². The summed E-state index contributed by atoms with van der Waals surface area (Å²) in [6.07, 6.45) is 1.95. The fourth-order valence-electron chi connectivity index (χ4n) is 2.63. The molecule has 0 fully saturated rings. The Morgan fingerprint density at radius 3 is 2.62 bits per heavy atom. The summed E-state index contributed by atoms with van der Waals surface area (Å²) in [5, 5.41) is 2.89. The average molecular weight is 279 g/mol. The number of ether oxygens (including phenoxy) is 1. The summed E-state index contributed by atoms with van der Waals surface area (Å²) < 4.78 is 5.33. The summed E-state index contributed by atoms with van der Waals surface area (Å²) in [4.78, 5) is 12.2. The summed E-state index contributed by atoms with van der Waals surface area (Å²) in [6.45, 7) is 4.02. The van der Waals surface area contributed by atoms with Crippen molar-refractivity contribution in [3.8, 4) is 5.75 Å². The first-order valence-electron chi connectivity index (χ1n) is 6.88. The standard InChI is InChI=1S/C18H17NO2/c1-11-9-17(21-3)12(2)8-13(11)10-15-14-6-4-5-7-16(14)19-18(15)20/h4-10H,1-3H3,(H,19,20)/b15-10+. The number of methoxy groups -OCH3 is 1. The molecule has 1 amide bonds. The fraction of sp³-hybridized carbons (Fsp3) is 0.167. The van der Waals surface area contributed by atoms with E-state index in [1.165, 1.54) is 0 Å². The van der Waals surface area contributed by atoms with Crippen LogP contribution < -0.4 is 10.1 Å².